The van der Waals surface area contributed by atoms with Crippen LogP contribution >= 0.6 is 0 Å². The number of hydrogen-bond donors (Lipinski definition) is 0. The number of halogens is 2. The average Bonchev–Trinajstić information content (AvgIpc) is 3.49. The molecule has 2 aliphatic heterocycles. The van der Waals surface area contributed by atoms with Gasteiger partial charge in [0.25, 0.3) is 0 Å². The third-order valence-electron chi connectivity index (χ3n) is 8.90. The normalized spacial score (nSPS) is 17.5. The van der Waals surface area contributed by atoms with Gasteiger partial charge in [-0.25, -0.2) is 27.8 Å². The maximum Gasteiger partial charge on any atom is 0.355 e. The SMILES string of the molecule is C=CC(=O)N1C[C@H](C)N(c2nc(=O)n3c4nc(c(F)cc24)-c2c(F)cccc2-n2cc(nn2)Cc2cccc(C(C)C)c2-3)C[C@H]1C. The van der Waals surface area contributed by atoms with E-state index >= 15 is 8.78 Å². The number of anilines is 1. The highest BCUT2D eigenvalue weighted by atomic mass is 19.1. The first kappa shape index (κ1) is 29.5. The van der Waals surface area contributed by atoms with Crippen LogP contribution in [0.4, 0.5) is 14.6 Å². The quantitative estimate of drug-likeness (QED) is 0.258. The summed E-state index contributed by atoms with van der Waals surface area (Å²) >= 11 is 0. The third kappa shape index (κ3) is 4.58. The zero-order valence-electron chi connectivity index (χ0n) is 25.9. The van der Waals surface area contributed by atoms with Crippen molar-refractivity contribution in [1.29, 1.82) is 0 Å². The lowest BCUT2D eigenvalue weighted by molar-refractivity contribution is -0.128. The highest BCUT2D eigenvalue weighted by Gasteiger charge is 2.34. The lowest BCUT2D eigenvalue weighted by Crippen LogP contribution is -2.58. The molecule has 0 unspecified atom stereocenters. The Morgan fingerprint density at radius 3 is 2.59 bits per heavy atom. The van der Waals surface area contributed by atoms with E-state index in [1.54, 1.807) is 17.2 Å². The number of benzene rings is 2. The summed E-state index contributed by atoms with van der Waals surface area (Å²) in [5.41, 5.74) is 2.21. The molecule has 12 heteroatoms. The molecule has 4 bridgehead atoms. The molecule has 1 saturated heterocycles. The van der Waals surface area contributed by atoms with Gasteiger partial charge in [-0.05, 0) is 55.2 Å². The molecule has 0 spiro atoms. The first-order valence-electron chi connectivity index (χ1n) is 15.2. The Kier molecular flexibility index (Phi) is 7.02. The summed E-state index contributed by atoms with van der Waals surface area (Å²) < 4.78 is 34.9. The molecule has 2 aromatic carbocycles. The van der Waals surface area contributed by atoms with Crippen LogP contribution in [0, 0.1) is 11.6 Å². The number of carbonyl (C=O) groups excluding carboxylic acids is 1. The molecular formula is C34H32F2N8O2. The third-order valence-corrected chi connectivity index (χ3v) is 8.90. The highest BCUT2D eigenvalue weighted by Crippen LogP contribution is 2.37. The van der Waals surface area contributed by atoms with Gasteiger partial charge in [0.15, 0.2) is 11.5 Å². The highest BCUT2D eigenvalue weighted by molar-refractivity contribution is 5.92. The minimum atomic E-state index is -0.789. The van der Waals surface area contributed by atoms with Crippen molar-refractivity contribution in [3.05, 3.63) is 100 Å². The molecule has 0 radical (unpaired) electrons. The fourth-order valence-corrected chi connectivity index (χ4v) is 6.67. The number of para-hydroxylation sites is 1. The van der Waals surface area contributed by atoms with E-state index in [0.717, 1.165) is 11.1 Å². The number of fused-ring (bicyclic) bond motifs is 8. The minimum Gasteiger partial charge on any atom is -0.349 e. The van der Waals surface area contributed by atoms with Crippen LogP contribution in [0.1, 0.15) is 50.4 Å². The lowest BCUT2D eigenvalue weighted by Gasteiger charge is -2.44. The molecule has 46 heavy (non-hydrogen) atoms. The molecule has 5 aromatic rings. The van der Waals surface area contributed by atoms with Gasteiger partial charge < -0.3 is 9.80 Å². The monoisotopic (exact) mass is 622 g/mol. The van der Waals surface area contributed by atoms with Crippen molar-refractivity contribution in [2.75, 3.05) is 18.0 Å². The number of aromatic nitrogens is 6. The zero-order chi connectivity index (χ0) is 32.4. The van der Waals surface area contributed by atoms with Gasteiger partial charge in [-0.15, -0.1) is 5.10 Å². The number of nitrogens with zero attached hydrogens (tertiary/aromatic N) is 8. The number of piperazine rings is 1. The van der Waals surface area contributed by atoms with E-state index in [-0.39, 0.29) is 52.3 Å². The maximum atomic E-state index is 16.4. The predicted octanol–water partition coefficient (Wildman–Crippen LogP) is 4.95. The van der Waals surface area contributed by atoms with Crippen molar-refractivity contribution >= 4 is 22.8 Å². The van der Waals surface area contributed by atoms with E-state index in [1.807, 2.05) is 50.8 Å². The molecule has 1 fully saturated rings. The summed E-state index contributed by atoms with van der Waals surface area (Å²) in [4.78, 5) is 39.9. The molecule has 10 nitrogen and oxygen atoms in total. The van der Waals surface area contributed by atoms with Crippen molar-refractivity contribution in [3.63, 3.8) is 0 Å². The van der Waals surface area contributed by atoms with Crippen molar-refractivity contribution in [2.24, 2.45) is 0 Å². The van der Waals surface area contributed by atoms with Crippen LogP contribution < -0.4 is 10.6 Å². The van der Waals surface area contributed by atoms with Crippen LogP contribution in [0.15, 0.2) is 66.1 Å². The van der Waals surface area contributed by atoms with Crippen LogP contribution in [-0.2, 0) is 11.2 Å². The Morgan fingerprint density at radius 1 is 1.04 bits per heavy atom. The summed E-state index contributed by atoms with van der Waals surface area (Å²) in [5, 5.41) is 8.88. The Balaban J connectivity index is 1.58. The standard InChI is InChI=1S/C34H32F2N8O2/c1-6-28(45)41-15-20(5)42(16-19(41)4)32-24-14-26(36)30-29-25(35)11-8-12-27(29)43-17-22(39-40-43)13-21-9-7-10-23(18(2)3)31(21)44(33(24)37-30)34(46)38-32/h6-12,14,17-20H,1,13,15-16H2,2-5H3/t19-,20+/m1/s1. The molecular weight excluding hydrogens is 590 g/mol. The van der Waals surface area contributed by atoms with Gasteiger partial charge in [0, 0.05) is 31.6 Å². The topological polar surface area (TPSA) is 102 Å². The smallest absolute Gasteiger partial charge is 0.349 e. The molecule has 234 valence electrons. The lowest BCUT2D eigenvalue weighted by atomic mass is 9.95. The van der Waals surface area contributed by atoms with Gasteiger partial charge in [0.05, 0.1) is 34.2 Å². The van der Waals surface area contributed by atoms with E-state index < -0.39 is 17.3 Å². The molecule has 0 N–H and O–H groups in total. The van der Waals surface area contributed by atoms with E-state index in [4.69, 9.17) is 4.98 Å². The fourth-order valence-electron chi connectivity index (χ4n) is 6.67. The van der Waals surface area contributed by atoms with Crippen molar-refractivity contribution in [1.82, 2.24) is 34.4 Å². The summed E-state index contributed by atoms with van der Waals surface area (Å²) in [7, 11) is 0. The second kappa shape index (κ2) is 11.0. The summed E-state index contributed by atoms with van der Waals surface area (Å²) in [5.74, 6) is -1.44. The van der Waals surface area contributed by atoms with Crippen LogP contribution in [0.5, 0.6) is 0 Å². The molecule has 0 aliphatic carbocycles. The summed E-state index contributed by atoms with van der Waals surface area (Å²) in [6, 6.07) is 10.9. The molecule has 1 amide bonds. The fraction of sp³-hybridized carbons (Fsp3) is 0.294. The minimum absolute atomic E-state index is 0.00500. The second-order valence-electron chi connectivity index (χ2n) is 12.3. The van der Waals surface area contributed by atoms with Crippen LogP contribution in [0.2, 0.25) is 0 Å². The molecule has 7 rings (SSSR count). The second-order valence-corrected chi connectivity index (χ2v) is 12.3. The molecule has 5 heterocycles. The Morgan fingerprint density at radius 2 is 1.83 bits per heavy atom. The van der Waals surface area contributed by atoms with E-state index in [1.165, 1.54) is 33.5 Å². The first-order valence-corrected chi connectivity index (χ1v) is 15.2. The largest absolute Gasteiger partial charge is 0.355 e. The number of carbonyl (C=O) groups is 1. The first-order chi connectivity index (χ1) is 22.1. The van der Waals surface area contributed by atoms with Crippen LogP contribution in [0.25, 0.3) is 33.7 Å². The van der Waals surface area contributed by atoms with Gasteiger partial charge in [-0.3, -0.25) is 4.79 Å². The maximum absolute atomic E-state index is 16.4. The summed E-state index contributed by atoms with van der Waals surface area (Å²) in [6.45, 7) is 12.2. The van der Waals surface area contributed by atoms with E-state index in [0.29, 0.717) is 36.3 Å². The van der Waals surface area contributed by atoms with Gasteiger partial charge >= 0.3 is 5.69 Å². The molecule has 0 saturated carbocycles. The van der Waals surface area contributed by atoms with Gasteiger partial charge in [-0.2, -0.15) is 4.98 Å². The van der Waals surface area contributed by atoms with Crippen LogP contribution in [0.3, 0.4) is 0 Å². The van der Waals surface area contributed by atoms with Crippen molar-refractivity contribution < 1.29 is 13.6 Å². The molecule has 2 aliphatic rings. The number of hydrogen-bond acceptors (Lipinski definition) is 7. The Bertz CT molecular complexity index is 2120. The van der Waals surface area contributed by atoms with Crippen molar-refractivity contribution in [3.8, 4) is 22.6 Å². The van der Waals surface area contributed by atoms with Gasteiger partial charge in [0.2, 0.25) is 5.91 Å². The van der Waals surface area contributed by atoms with Gasteiger partial charge in [-0.1, -0.05) is 49.9 Å². The van der Waals surface area contributed by atoms with Gasteiger partial charge in [0.1, 0.15) is 17.3 Å². The predicted molar refractivity (Wildman–Crippen MR) is 170 cm³/mol. The Hall–Kier alpha value is -5.26. The molecule has 2 atom stereocenters. The van der Waals surface area contributed by atoms with E-state index in [9.17, 15) is 9.59 Å². The Labute approximate surface area is 263 Å². The van der Waals surface area contributed by atoms with Crippen LogP contribution in [-0.4, -0.2) is 65.5 Å². The number of amides is 1. The average molecular weight is 623 g/mol. The number of pyridine rings is 1. The number of rotatable bonds is 3. The zero-order valence-corrected chi connectivity index (χ0v) is 25.9. The molecule has 3 aromatic heterocycles. The van der Waals surface area contributed by atoms with E-state index in [2.05, 4.69) is 21.9 Å². The van der Waals surface area contributed by atoms with Crippen molar-refractivity contribution in [2.45, 2.75) is 52.1 Å². The summed E-state index contributed by atoms with van der Waals surface area (Å²) in [6.07, 6.45) is 3.27.